The number of hydrogen-bond donors (Lipinski definition) is 1. The van der Waals surface area contributed by atoms with Gasteiger partial charge in [0.1, 0.15) is 5.60 Å². The van der Waals surface area contributed by atoms with Crippen molar-refractivity contribution in [1.29, 1.82) is 0 Å². The van der Waals surface area contributed by atoms with Crippen molar-refractivity contribution in [3.8, 4) is 0 Å². The van der Waals surface area contributed by atoms with E-state index in [4.69, 9.17) is 4.74 Å². The van der Waals surface area contributed by atoms with Gasteiger partial charge in [0.2, 0.25) is 0 Å². The number of nitrogens with one attached hydrogen (secondary N) is 1. The fourth-order valence-electron chi connectivity index (χ4n) is 2.11. The van der Waals surface area contributed by atoms with E-state index in [2.05, 4.69) is 19.2 Å². The standard InChI is InChI=1S/C16H33NO2/c1-6-8-9-10-11-13-14(12-7-2)17-15(18)19-16(3,4)5/h14H,6-13H2,1-5H3,(H,17,18). The molecule has 0 aromatic rings. The van der Waals surface area contributed by atoms with Gasteiger partial charge in [0.25, 0.3) is 0 Å². The molecule has 0 spiro atoms. The Morgan fingerprint density at radius 1 is 1.00 bits per heavy atom. The Balaban J connectivity index is 3.93. The largest absolute Gasteiger partial charge is 0.444 e. The van der Waals surface area contributed by atoms with E-state index in [0.717, 1.165) is 19.3 Å². The lowest BCUT2D eigenvalue weighted by Gasteiger charge is -2.23. The number of alkyl carbamates (subject to hydrolysis) is 1. The fraction of sp³-hybridized carbons (Fsp3) is 0.938. The lowest BCUT2D eigenvalue weighted by Crippen LogP contribution is -2.39. The van der Waals surface area contributed by atoms with Crippen LogP contribution in [0.3, 0.4) is 0 Å². The van der Waals surface area contributed by atoms with E-state index in [1.807, 2.05) is 20.8 Å². The first-order valence-corrected chi connectivity index (χ1v) is 7.88. The molecule has 1 amide bonds. The molecule has 0 aliphatic rings. The monoisotopic (exact) mass is 271 g/mol. The number of hydrogen-bond acceptors (Lipinski definition) is 2. The first kappa shape index (κ1) is 18.3. The van der Waals surface area contributed by atoms with Crippen molar-refractivity contribution < 1.29 is 9.53 Å². The Bertz CT molecular complexity index is 233. The van der Waals surface area contributed by atoms with E-state index >= 15 is 0 Å². The maximum atomic E-state index is 11.7. The molecular formula is C16H33NO2. The molecule has 1 unspecified atom stereocenters. The van der Waals surface area contributed by atoms with Gasteiger partial charge in [0.15, 0.2) is 0 Å². The predicted molar refractivity (Wildman–Crippen MR) is 81.4 cm³/mol. The van der Waals surface area contributed by atoms with Crippen molar-refractivity contribution in [3.05, 3.63) is 0 Å². The summed E-state index contributed by atoms with van der Waals surface area (Å²) in [6, 6.07) is 0.265. The third-order valence-corrected chi connectivity index (χ3v) is 3.01. The van der Waals surface area contributed by atoms with Crippen LogP contribution in [0.15, 0.2) is 0 Å². The van der Waals surface area contributed by atoms with Crippen molar-refractivity contribution in [2.75, 3.05) is 0 Å². The molecule has 0 aromatic heterocycles. The molecule has 0 aromatic carbocycles. The summed E-state index contributed by atoms with van der Waals surface area (Å²) in [5, 5.41) is 3.00. The molecule has 0 heterocycles. The van der Waals surface area contributed by atoms with Gasteiger partial charge in [0, 0.05) is 6.04 Å². The van der Waals surface area contributed by atoms with Crippen LogP contribution in [0.4, 0.5) is 4.79 Å². The van der Waals surface area contributed by atoms with Crippen LogP contribution in [-0.2, 0) is 4.74 Å². The van der Waals surface area contributed by atoms with Crippen LogP contribution in [0.25, 0.3) is 0 Å². The number of amides is 1. The summed E-state index contributed by atoms with van der Waals surface area (Å²) in [5.41, 5.74) is -0.415. The Labute approximate surface area is 119 Å². The number of carbonyl (C=O) groups is 1. The van der Waals surface area contributed by atoms with Crippen LogP contribution < -0.4 is 5.32 Å². The molecule has 0 aliphatic heterocycles. The summed E-state index contributed by atoms with van der Waals surface area (Å²) in [6.45, 7) is 10.1. The highest BCUT2D eigenvalue weighted by molar-refractivity contribution is 5.68. The summed E-state index contributed by atoms with van der Waals surface area (Å²) < 4.78 is 5.31. The van der Waals surface area contributed by atoms with Crippen LogP contribution in [0.5, 0.6) is 0 Å². The third kappa shape index (κ3) is 12.1. The molecule has 0 saturated carbocycles. The van der Waals surface area contributed by atoms with Gasteiger partial charge in [0.05, 0.1) is 0 Å². The molecule has 3 nitrogen and oxygen atoms in total. The van der Waals surface area contributed by atoms with Crippen molar-refractivity contribution >= 4 is 6.09 Å². The minimum atomic E-state index is -0.415. The first-order valence-electron chi connectivity index (χ1n) is 7.88. The average Bonchev–Trinajstić information content (AvgIpc) is 2.26. The molecular weight excluding hydrogens is 238 g/mol. The van der Waals surface area contributed by atoms with Crippen LogP contribution in [-0.4, -0.2) is 17.7 Å². The highest BCUT2D eigenvalue weighted by Crippen LogP contribution is 2.12. The smallest absolute Gasteiger partial charge is 0.407 e. The molecule has 0 rings (SSSR count). The van der Waals surface area contributed by atoms with E-state index in [-0.39, 0.29) is 12.1 Å². The van der Waals surface area contributed by atoms with E-state index < -0.39 is 5.60 Å². The van der Waals surface area contributed by atoms with Crippen molar-refractivity contribution in [1.82, 2.24) is 5.32 Å². The topological polar surface area (TPSA) is 38.3 Å². The summed E-state index contributed by atoms with van der Waals surface area (Å²) in [4.78, 5) is 11.7. The highest BCUT2D eigenvalue weighted by Gasteiger charge is 2.18. The molecule has 0 bridgehead atoms. The fourth-order valence-corrected chi connectivity index (χ4v) is 2.11. The highest BCUT2D eigenvalue weighted by atomic mass is 16.6. The Morgan fingerprint density at radius 2 is 1.63 bits per heavy atom. The molecule has 0 radical (unpaired) electrons. The Morgan fingerprint density at radius 3 is 2.16 bits per heavy atom. The Hall–Kier alpha value is -0.730. The number of unbranched alkanes of at least 4 members (excludes halogenated alkanes) is 4. The first-order chi connectivity index (χ1) is 8.89. The minimum Gasteiger partial charge on any atom is -0.444 e. The van der Waals surface area contributed by atoms with Gasteiger partial charge in [-0.1, -0.05) is 52.4 Å². The number of carbonyl (C=O) groups excluding carboxylic acids is 1. The van der Waals surface area contributed by atoms with Crippen molar-refractivity contribution in [2.24, 2.45) is 0 Å². The summed E-state index contributed by atoms with van der Waals surface area (Å²) >= 11 is 0. The number of rotatable bonds is 9. The van der Waals surface area contributed by atoms with E-state index in [9.17, 15) is 4.79 Å². The molecule has 0 aliphatic carbocycles. The minimum absolute atomic E-state index is 0.265. The summed E-state index contributed by atoms with van der Waals surface area (Å²) in [5.74, 6) is 0. The van der Waals surface area contributed by atoms with E-state index in [1.54, 1.807) is 0 Å². The van der Waals surface area contributed by atoms with Gasteiger partial charge >= 0.3 is 6.09 Å². The van der Waals surface area contributed by atoms with Crippen LogP contribution in [0.2, 0.25) is 0 Å². The molecule has 114 valence electrons. The van der Waals surface area contributed by atoms with Gasteiger partial charge in [-0.25, -0.2) is 4.79 Å². The lowest BCUT2D eigenvalue weighted by atomic mass is 10.0. The Kier molecular flexibility index (Phi) is 9.72. The van der Waals surface area contributed by atoms with Gasteiger partial charge < -0.3 is 10.1 Å². The van der Waals surface area contributed by atoms with E-state index in [0.29, 0.717) is 0 Å². The zero-order valence-electron chi connectivity index (χ0n) is 13.6. The van der Waals surface area contributed by atoms with Crippen molar-refractivity contribution in [3.63, 3.8) is 0 Å². The van der Waals surface area contributed by atoms with Gasteiger partial charge in [-0.05, 0) is 33.6 Å². The predicted octanol–water partition coefficient (Wildman–Crippen LogP) is 5.04. The SMILES string of the molecule is CCCCCCCC(CCC)NC(=O)OC(C)(C)C. The second-order valence-electron chi connectivity index (χ2n) is 6.33. The second kappa shape index (κ2) is 10.1. The zero-order chi connectivity index (χ0) is 14.7. The molecule has 1 N–H and O–H groups in total. The number of ether oxygens (including phenoxy) is 1. The lowest BCUT2D eigenvalue weighted by molar-refractivity contribution is 0.0498. The van der Waals surface area contributed by atoms with Crippen molar-refractivity contribution in [2.45, 2.75) is 97.6 Å². The molecule has 1 atom stereocenters. The quantitative estimate of drug-likeness (QED) is 0.597. The molecule has 3 heteroatoms. The van der Waals surface area contributed by atoms with E-state index in [1.165, 1.54) is 32.1 Å². The average molecular weight is 271 g/mol. The normalized spacial score (nSPS) is 13.1. The molecule has 0 fully saturated rings. The maximum Gasteiger partial charge on any atom is 0.407 e. The van der Waals surface area contributed by atoms with Gasteiger partial charge in [-0.2, -0.15) is 0 Å². The zero-order valence-corrected chi connectivity index (χ0v) is 13.6. The summed E-state index contributed by atoms with van der Waals surface area (Å²) in [6.07, 6.45) is 9.28. The van der Waals surface area contributed by atoms with Crippen LogP contribution in [0.1, 0.15) is 86.0 Å². The van der Waals surface area contributed by atoms with Crippen LogP contribution >= 0.6 is 0 Å². The summed E-state index contributed by atoms with van der Waals surface area (Å²) in [7, 11) is 0. The van der Waals surface area contributed by atoms with Crippen LogP contribution in [0, 0.1) is 0 Å². The van der Waals surface area contributed by atoms with Gasteiger partial charge in [-0.3, -0.25) is 0 Å². The molecule has 19 heavy (non-hydrogen) atoms. The molecule has 0 saturated heterocycles. The second-order valence-corrected chi connectivity index (χ2v) is 6.33. The maximum absolute atomic E-state index is 11.7. The third-order valence-electron chi connectivity index (χ3n) is 3.01. The van der Waals surface area contributed by atoms with Gasteiger partial charge in [-0.15, -0.1) is 0 Å².